The highest BCUT2D eigenvalue weighted by molar-refractivity contribution is 6.31. The molecule has 3 heterocycles. The van der Waals surface area contributed by atoms with Gasteiger partial charge in [0.2, 0.25) is 5.75 Å². The molecular weight excluding hydrogens is 526 g/mol. The van der Waals surface area contributed by atoms with Crippen molar-refractivity contribution in [2.75, 3.05) is 19.0 Å². The lowest BCUT2D eigenvalue weighted by atomic mass is 9.82. The molecule has 4 aromatic rings. The Hall–Kier alpha value is -4.10. The molecule has 4 rings (SSSR count). The van der Waals surface area contributed by atoms with Crippen LogP contribution in [0.15, 0.2) is 46.3 Å². The van der Waals surface area contributed by atoms with E-state index in [2.05, 4.69) is 25.1 Å². The molecule has 38 heavy (non-hydrogen) atoms. The van der Waals surface area contributed by atoms with Crippen LogP contribution >= 0.6 is 11.6 Å². The molecule has 0 spiro atoms. The number of aromatic hydroxyl groups is 1. The minimum atomic E-state index is -1.12. The van der Waals surface area contributed by atoms with Crippen LogP contribution in [0.3, 0.4) is 0 Å². The normalized spacial score (nSPS) is 12.9. The number of halogens is 3. The van der Waals surface area contributed by atoms with Gasteiger partial charge in [-0.1, -0.05) is 23.7 Å². The molecule has 3 aromatic heterocycles. The topological polar surface area (TPSA) is 137 Å². The average Bonchev–Trinajstić information content (AvgIpc) is 3.57. The number of methoxy groups -OCH3 is 1. The fourth-order valence-corrected chi connectivity index (χ4v) is 4.41. The number of rotatable bonds is 9. The van der Waals surface area contributed by atoms with Gasteiger partial charge in [0.05, 0.1) is 25.5 Å². The maximum absolute atomic E-state index is 14.4. The van der Waals surface area contributed by atoms with Crippen molar-refractivity contribution in [2.24, 2.45) is 7.05 Å². The Morgan fingerprint density at radius 3 is 2.71 bits per heavy atom. The molecule has 0 aliphatic rings. The lowest BCUT2D eigenvalue weighted by Gasteiger charge is -2.26. The molecule has 0 radical (unpaired) electrons. The summed E-state index contributed by atoms with van der Waals surface area (Å²) >= 11 is 6.36. The standard InChI is InChI=1S/C24H23ClF2N6O5/c1-12(22-31-20(21(34)24(36)32(22)2)23(35)30-14-9-29-38-11-14)19(13-8-28-33(10-13)4-5-37-3)15-6-17(26)18(27)7-16(15)25/h6-12,19,34H,4-5H2,1-3H3,(H,30,35)/t12-,19+/m1/s1. The van der Waals surface area contributed by atoms with Crippen LogP contribution < -0.4 is 10.9 Å². The summed E-state index contributed by atoms with van der Waals surface area (Å²) in [5.41, 5.74) is -0.479. The van der Waals surface area contributed by atoms with Gasteiger partial charge in [-0.25, -0.2) is 13.8 Å². The summed E-state index contributed by atoms with van der Waals surface area (Å²) in [5.74, 6) is -5.46. The zero-order valence-electron chi connectivity index (χ0n) is 20.5. The zero-order valence-corrected chi connectivity index (χ0v) is 21.2. The van der Waals surface area contributed by atoms with Gasteiger partial charge in [0, 0.05) is 37.2 Å². The summed E-state index contributed by atoms with van der Waals surface area (Å²) in [6.07, 6.45) is 5.60. The molecule has 1 aromatic carbocycles. The molecular formula is C24H23ClF2N6O5. The van der Waals surface area contributed by atoms with Gasteiger partial charge in [-0.2, -0.15) is 5.10 Å². The highest BCUT2D eigenvalue weighted by Gasteiger charge is 2.32. The van der Waals surface area contributed by atoms with E-state index in [4.69, 9.17) is 16.3 Å². The van der Waals surface area contributed by atoms with Crippen molar-refractivity contribution in [1.29, 1.82) is 0 Å². The van der Waals surface area contributed by atoms with E-state index in [1.54, 1.807) is 24.9 Å². The molecule has 14 heteroatoms. The molecule has 0 unspecified atom stereocenters. The minimum absolute atomic E-state index is 0.0559. The Balaban J connectivity index is 1.84. The van der Waals surface area contributed by atoms with E-state index in [1.807, 2.05) is 0 Å². The van der Waals surface area contributed by atoms with Crippen LogP contribution in [0.4, 0.5) is 14.5 Å². The van der Waals surface area contributed by atoms with Crippen molar-refractivity contribution in [2.45, 2.75) is 25.3 Å². The maximum Gasteiger partial charge on any atom is 0.296 e. The third-order valence-electron chi connectivity index (χ3n) is 6.03. The summed E-state index contributed by atoms with van der Waals surface area (Å²) in [7, 11) is 2.92. The number of hydrogen-bond donors (Lipinski definition) is 2. The van der Waals surface area contributed by atoms with Gasteiger partial charge in [0.15, 0.2) is 17.3 Å². The van der Waals surface area contributed by atoms with Crippen molar-refractivity contribution in [3.63, 3.8) is 0 Å². The van der Waals surface area contributed by atoms with Crippen LogP contribution in [0.5, 0.6) is 5.75 Å². The van der Waals surface area contributed by atoms with E-state index in [0.29, 0.717) is 18.7 Å². The third kappa shape index (κ3) is 5.29. The van der Waals surface area contributed by atoms with Crippen LogP contribution in [0.25, 0.3) is 0 Å². The first-order valence-electron chi connectivity index (χ1n) is 11.3. The molecule has 0 saturated carbocycles. The second kappa shape index (κ2) is 11.1. The van der Waals surface area contributed by atoms with Gasteiger partial charge in [0.25, 0.3) is 11.5 Å². The lowest BCUT2D eigenvalue weighted by molar-refractivity contribution is 0.101. The van der Waals surface area contributed by atoms with Crippen LogP contribution in [0.2, 0.25) is 5.02 Å². The molecule has 1 amide bonds. The third-order valence-corrected chi connectivity index (χ3v) is 6.35. The number of carbonyl (C=O) groups excluding carboxylic acids is 1. The average molecular weight is 549 g/mol. The predicted molar refractivity (Wildman–Crippen MR) is 131 cm³/mol. The van der Waals surface area contributed by atoms with Crippen molar-refractivity contribution in [3.05, 3.63) is 86.6 Å². The number of aromatic nitrogens is 5. The number of nitrogens with one attached hydrogen (secondary N) is 1. The van der Waals surface area contributed by atoms with E-state index < -0.39 is 46.4 Å². The molecule has 0 bridgehead atoms. The number of benzene rings is 1. The summed E-state index contributed by atoms with van der Waals surface area (Å²) < 4.78 is 40.7. The van der Waals surface area contributed by atoms with Gasteiger partial charge in [-0.15, -0.1) is 0 Å². The molecule has 0 aliphatic heterocycles. The van der Waals surface area contributed by atoms with Crippen molar-refractivity contribution < 1.29 is 27.9 Å². The summed E-state index contributed by atoms with van der Waals surface area (Å²) in [6.45, 7) is 2.48. The summed E-state index contributed by atoms with van der Waals surface area (Å²) in [6, 6.07) is 1.84. The van der Waals surface area contributed by atoms with Gasteiger partial charge in [0.1, 0.15) is 17.8 Å². The van der Waals surface area contributed by atoms with Crippen LogP contribution in [0.1, 0.15) is 46.2 Å². The Bertz CT molecular complexity index is 1520. The fourth-order valence-electron chi connectivity index (χ4n) is 4.14. The highest BCUT2D eigenvalue weighted by atomic mass is 35.5. The van der Waals surface area contributed by atoms with E-state index >= 15 is 0 Å². The largest absolute Gasteiger partial charge is 0.501 e. The maximum atomic E-state index is 14.4. The molecule has 2 N–H and O–H groups in total. The van der Waals surface area contributed by atoms with Crippen molar-refractivity contribution in [1.82, 2.24) is 24.5 Å². The Labute approximate surface area is 219 Å². The number of carbonyl (C=O) groups is 1. The Kier molecular flexibility index (Phi) is 7.88. The Morgan fingerprint density at radius 2 is 2.03 bits per heavy atom. The van der Waals surface area contributed by atoms with Crippen LogP contribution in [0, 0.1) is 11.6 Å². The van der Waals surface area contributed by atoms with E-state index in [9.17, 15) is 23.5 Å². The molecule has 200 valence electrons. The number of hydrogen-bond acceptors (Lipinski definition) is 8. The molecule has 0 fully saturated rings. The second-order valence-electron chi connectivity index (χ2n) is 8.48. The van der Waals surface area contributed by atoms with Crippen molar-refractivity contribution >= 4 is 23.2 Å². The number of nitrogens with zero attached hydrogens (tertiary/aromatic N) is 5. The first-order valence-corrected chi connectivity index (χ1v) is 11.7. The lowest BCUT2D eigenvalue weighted by Crippen LogP contribution is -2.29. The van der Waals surface area contributed by atoms with E-state index in [1.165, 1.54) is 19.4 Å². The van der Waals surface area contributed by atoms with Gasteiger partial charge >= 0.3 is 0 Å². The predicted octanol–water partition coefficient (Wildman–Crippen LogP) is 3.44. The molecule has 0 saturated heterocycles. The summed E-state index contributed by atoms with van der Waals surface area (Å²) in [5, 5.41) is 20.6. The molecule has 2 atom stereocenters. The molecule has 0 aliphatic carbocycles. The quantitative estimate of drug-likeness (QED) is 0.303. The van der Waals surface area contributed by atoms with Crippen LogP contribution in [-0.2, 0) is 18.3 Å². The van der Waals surface area contributed by atoms with Crippen molar-refractivity contribution in [3.8, 4) is 5.75 Å². The van der Waals surface area contributed by atoms with E-state index in [0.717, 1.165) is 23.0 Å². The van der Waals surface area contributed by atoms with Gasteiger partial charge in [-0.3, -0.25) is 18.8 Å². The van der Waals surface area contributed by atoms with E-state index in [-0.39, 0.29) is 22.1 Å². The monoisotopic (exact) mass is 548 g/mol. The zero-order chi connectivity index (χ0) is 27.6. The SMILES string of the molecule is COCCn1cc([C@@H](c2cc(F)c(F)cc2Cl)[C@@H](C)c2nc(C(=O)Nc3cnoc3)c(O)c(=O)n2C)cn1. The minimum Gasteiger partial charge on any atom is -0.501 e. The van der Waals surface area contributed by atoms with Crippen LogP contribution in [-0.4, -0.2) is 49.2 Å². The molecule has 11 nitrogen and oxygen atoms in total. The number of anilines is 1. The van der Waals surface area contributed by atoms with Gasteiger partial charge < -0.3 is 19.7 Å². The highest BCUT2D eigenvalue weighted by Crippen LogP contribution is 2.41. The summed E-state index contributed by atoms with van der Waals surface area (Å²) in [4.78, 5) is 30.0. The number of ether oxygens (including phenoxy) is 1. The van der Waals surface area contributed by atoms with Gasteiger partial charge in [-0.05, 0) is 23.3 Å². The number of amides is 1. The second-order valence-corrected chi connectivity index (χ2v) is 8.89. The first-order chi connectivity index (χ1) is 18.1. The Morgan fingerprint density at radius 1 is 1.29 bits per heavy atom. The fraction of sp³-hybridized carbons (Fsp3) is 0.292. The smallest absolute Gasteiger partial charge is 0.296 e. The first kappa shape index (κ1) is 26.9.